The predicted molar refractivity (Wildman–Crippen MR) is 151 cm³/mol. The van der Waals surface area contributed by atoms with Crippen LogP contribution in [0.1, 0.15) is 38.3 Å². The third-order valence-corrected chi connectivity index (χ3v) is 8.48. The fourth-order valence-corrected chi connectivity index (χ4v) is 5.69. The molecule has 39 heavy (non-hydrogen) atoms. The first-order valence-corrected chi connectivity index (χ1v) is 14.4. The van der Waals surface area contributed by atoms with Crippen LogP contribution < -0.4 is 9.62 Å². The van der Waals surface area contributed by atoms with E-state index in [4.69, 9.17) is 11.6 Å². The van der Waals surface area contributed by atoms with Crippen LogP contribution in [0.15, 0.2) is 77.7 Å². The van der Waals surface area contributed by atoms with Crippen molar-refractivity contribution >= 4 is 39.1 Å². The van der Waals surface area contributed by atoms with Crippen molar-refractivity contribution in [1.82, 2.24) is 10.2 Å². The van der Waals surface area contributed by atoms with Crippen molar-refractivity contribution in [3.63, 3.8) is 0 Å². The minimum absolute atomic E-state index is 0.0137. The van der Waals surface area contributed by atoms with Crippen LogP contribution in [0.5, 0.6) is 0 Å². The number of anilines is 1. The van der Waals surface area contributed by atoms with E-state index in [2.05, 4.69) is 5.32 Å². The Hall–Kier alpha value is -3.43. The lowest BCUT2D eigenvalue weighted by molar-refractivity contribution is -0.139. The Labute approximate surface area is 234 Å². The maximum Gasteiger partial charge on any atom is 0.264 e. The molecular formula is C29H33ClFN3O4S. The van der Waals surface area contributed by atoms with Crippen LogP contribution in [0.4, 0.5) is 10.1 Å². The molecule has 2 unspecified atom stereocenters. The van der Waals surface area contributed by atoms with Gasteiger partial charge in [0.1, 0.15) is 18.4 Å². The van der Waals surface area contributed by atoms with E-state index in [9.17, 15) is 22.4 Å². The van der Waals surface area contributed by atoms with Crippen molar-refractivity contribution in [2.75, 3.05) is 10.8 Å². The number of nitrogens with one attached hydrogen (secondary N) is 1. The lowest BCUT2D eigenvalue weighted by Gasteiger charge is -2.33. The van der Waals surface area contributed by atoms with Crippen LogP contribution in [0.2, 0.25) is 5.02 Å². The van der Waals surface area contributed by atoms with E-state index in [-0.39, 0.29) is 29.1 Å². The zero-order chi connectivity index (χ0) is 28.7. The Bertz CT molecular complexity index is 1400. The highest BCUT2D eigenvalue weighted by Gasteiger charge is 2.33. The van der Waals surface area contributed by atoms with Crippen molar-refractivity contribution < 1.29 is 22.4 Å². The Morgan fingerprint density at radius 1 is 1.00 bits per heavy atom. The van der Waals surface area contributed by atoms with Gasteiger partial charge in [0.05, 0.1) is 10.6 Å². The van der Waals surface area contributed by atoms with Gasteiger partial charge in [-0.15, -0.1) is 0 Å². The van der Waals surface area contributed by atoms with Gasteiger partial charge < -0.3 is 10.2 Å². The SMILES string of the molecule is CCC(C)NC(=O)C(C)N(Cc1ccc(F)cc1)C(=O)CN(c1ccc(Cl)cc1C)S(=O)(=O)c1ccccc1. The number of rotatable bonds is 11. The molecule has 0 saturated heterocycles. The maximum atomic E-state index is 13.9. The third kappa shape index (κ3) is 7.58. The van der Waals surface area contributed by atoms with Crippen LogP contribution in [-0.2, 0) is 26.2 Å². The van der Waals surface area contributed by atoms with Gasteiger partial charge in [0.15, 0.2) is 0 Å². The van der Waals surface area contributed by atoms with E-state index in [1.807, 2.05) is 13.8 Å². The number of nitrogens with zero attached hydrogens (tertiary/aromatic N) is 2. The molecule has 10 heteroatoms. The van der Waals surface area contributed by atoms with Crippen LogP contribution in [-0.4, -0.2) is 43.8 Å². The zero-order valence-electron chi connectivity index (χ0n) is 22.4. The second-order valence-electron chi connectivity index (χ2n) is 9.40. The molecule has 208 valence electrons. The molecule has 1 N–H and O–H groups in total. The molecule has 3 aromatic rings. The van der Waals surface area contributed by atoms with E-state index in [0.29, 0.717) is 22.6 Å². The fourth-order valence-electron chi connectivity index (χ4n) is 3.97. The van der Waals surface area contributed by atoms with E-state index in [1.165, 1.54) is 41.3 Å². The zero-order valence-corrected chi connectivity index (χ0v) is 24.0. The molecule has 3 aromatic carbocycles. The molecule has 0 heterocycles. The molecule has 0 aliphatic rings. The second-order valence-corrected chi connectivity index (χ2v) is 11.7. The first-order valence-electron chi connectivity index (χ1n) is 12.6. The smallest absolute Gasteiger partial charge is 0.264 e. The summed E-state index contributed by atoms with van der Waals surface area (Å²) in [4.78, 5) is 28.3. The number of sulfonamides is 1. The summed E-state index contributed by atoms with van der Waals surface area (Å²) in [7, 11) is -4.17. The van der Waals surface area contributed by atoms with E-state index < -0.39 is 34.3 Å². The molecular weight excluding hydrogens is 541 g/mol. The Balaban J connectivity index is 2.04. The number of hydrogen-bond acceptors (Lipinski definition) is 4. The lowest BCUT2D eigenvalue weighted by atomic mass is 10.1. The average molecular weight is 574 g/mol. The van der Waals surface area contributed by atoms with Crippen LogP contribution in [0.3, 0.4) is 0 Å². The highest BCUT2D eigenvalue weighted by molar-refractivity contribution is 7.92. The van der Waals surface area contributed by atoms with Gasteiger partial charge in [-0.2, -0.15) is 0 Å². The molecule has 0 aliphatic heterocycles. The summed E-state index contributed by atoms with van der Waals surface area (Å²) < 4.78 is 42.2. The number of aryl methyl sites for hydroxylation is 1. The van der Waals surface area contributed by atoms with Crippen molar-refractivity contribution in [2.24, 2.45) is 0 Å². The van der Waals surface area contributed by atoms with Gasteiger partial charge in [-0.1, -0.05) is 48.9 Å². The summed E-state index contributed by atoms with van der Waals surface area (Å²) >= 11 is 6.13. The normalized spacial score (nSPS) is 12.9. The van der Waals surface area contributed by atoms with E-state index in [1.54, 1.807) is 50.2 Å². The summed E-state index contributed by atoms with van der Waals surface area (Å²) in [5.74, 6) is -1.41. The van der Waals surface area contributed by atoms with Gasteiger partial charge in [0, 0.05) is 17.6 Å². The average Bonchev–Trinajstić information content (AvgIpc) is 2.91. The fraction of sp³-hybridized carbons (Fsp3) is 0.310. The Kier molecular flexibility index (Phi) is 10.1. The third-order valence-electron chi connectivity index (χ3n) is 6.47. The lowest BCUT2D eigenvalue weighted by Crippen LogP contribution is -2.52. The number of amides is 2. The first kappa shape index (κ1) is 30.1. The Morgan fingerprint density at radius 3 is 2.23 bits per heavy atom. The quantitative estimate of drug-likeness (QED) is 0.337. The highest BCUT2D eigenvalue weighted by Crippen LogP contribution is 2.29. The molecule has 0 radical (unpaired) electrons. The number of carbonyl (C=O) groups is 2. The summed E-state index contributed by atoms with van der Waals surface area (Å²) in [5, 5.41) is 3.30. The van der Waals surface area contributed by atoms with E-state index >= 15 is 0 Å². The van der Waals surface area contributed by atoms with Crippen molar-refractivity contribution in [2.45, 2.75) is 57.6 Å². The van der Waals surface area contributed by atoms with Crippen molar-refractivity contribution in [3.8, 4) is 0 Å². The summed E-state index contributed by atoms with van der Waals surface area (Å²) in [6, 6.07) is 17.1. The molecule has 0 saturated carbocycles. The van der Waals surface area contributed by atoms with Crippen molar-refractivity contribution in [1.29, 1.82) is 0 Å². The van der Waals surface area contributed by atoms with Crippen LogP contribution in [0.25, 0.3) is 0 Å². The molecule has 3 rings (SSSR count). The minimum Gasteiger partial charge on any atom is -0.352 e. The molecule has 0 spiro atoms. The second kappa shape index (κ2) is 13.1. The van der Waals surface area contributed by atoms with Gasteiger partial charge in [-0.3, -0.25) is 13.9 Å². The van der Waals surface area contributed by atoms with Gasteiger partial charge in [0.2, 0.25) is 11.8 Å². The number of benzene rings is 3. The molecule has 2 amide bonds. The number of hydrogen-bond donors (Lipinski definition) is 1. The standard InChI is InChI=1S/C29H33ClFN3O4S/c1-5-21(3)32-29(36)22(4)33(18-23-11-14-25(31)15-12-23)28(35)19-34(27-16-13-24(30)17-20(27)2)39(37,38)26-9-7-6-8-10-26/h6-17,21-22H,5,18-19H2,1-4H3,(H,32,36). The molecule has 0 aromatic heterocycles. The van der Waals surface area contributed by atoms with Crippen molar-refractivity contribution in [3.05, 3.63) is 94.8 Å². The largest absolute Gasteiger partial charge is 0.352 e. The van der Waals surface area contributed by atoms with Gasteiger partial charge >= 0.3 is 0 Å². The number of carbonyl (C=O) groups excluding carboxylic acids is 2. The van der Waals surface area contributed by atoms with Gasteiger partial charge in [-0.25, -0.2) is 12.8 Å². The van der Waals surface area contributed by atoms with Gasteiger partial charge in [0.25, 0.3) is 10.0 Å². The monoisotopic (exact) mass is 573 g/mol. The Morgan fingerprint density at radius 2 is 1.64 bits per heavy atom. The van der Waals surface area contributed by atoms with Crippen LogP contribution >= 0.6 is 11.6 Å². The molecule has 2 atom stereocenters. The van der Waals surface area contributed by atoms with Gasteiger partial charge in [-0.05, 0) is 80.8 Å². The minimum atomic E-state index is -4.17. The topological polar surface area (TPSA) is 86.8 Å². The summed E-state index contributed by atoms with van der Waals surface area (Å²) in [6.45, 7) is 6.49. The first-order chi connectivity index (χ1) is 18.4. The molecule has 0 bridgehead atoms. The molecule has 0 aliphatic carbocycles. The maximum absolute atomic E-state index is 13.9. The predicted octanol–water partition coefficient (Wildman–Crippen LogP) is 5.31. The molecule has 7 nitrogen and oxygen atoms in total. The summed E-state index contributed by atoms with van der Waals surface area (Å²) in [5.41, 5.74) is 1.44. The van der Waals surface area contributed by atoms with E-state index in [0.717, 1.165) is 4.31 Å². The summed E-state index contributed by atoms with van der Waals surface area (Å²) in [6.07, 6.45) is 0.698. The van der Waals surface area contributed by atoms with Crippen LogP contribution in [0, 0.1) is 12.7 Å². The molecule has 0 fully saturated rings. The highest BCUT2D eigenvalue weighted by atomic mass is 35.5. The number of halogens is 2.